The van der Waals surface area contributed by atoms with Crippen LogP contribution in [0, 0.1) is 11.8 Å². The summed E-state index contributed by atoms with van der Waals surface area (Å²) in [5.41, 5.74) is 1.87. The van der Waals surface area contributed by atoms with Gasteiger partial charge >= 0.3 is 0 Å². The summed E-state index contributed by atoms with van der Waals surface area (Å²) in [6, 6.07) is 0. The Morgan fingerprint density at radius 1 is 1.75 bits per heavy atom. The van der Waals surface area contributed by atoms with Crippen LogP contribution < -0.4 is 5.32 Å². The van der Waals surface area contributed by atoms with Gasteiger partial charge < -0.3 is 5.32 Å². The Labute approximate surface area is 73.1 Å². The van der Waals surface area contributed by atoms with E-state index in [4.69, 9.17) is 0 Å². The van der Waals surface area contributed by atoms with Crippen LogP contribution in [0.4, 0.5) is 0 Å². The zero-order valence-electron chi connectivity index (χ0n) is 7.44. The van der Waals surface area contributed by atoms with E-state index in [1.165, 1.54) is 0 Å². The molecule has 2 nitrogen and oxygen atoms in total. The second-order valence-corrected chi connectivity index (χ2v) is 2.55. The van der Waals surface area contributed by atoms with Crippen LogP contribution in [0.15, 0.2) is 28.5 Å². The number of nitrogens with zero attached hydrogens (tertiary/aromatic N) is 1. The molecule has 0 saturated carbocycles. The number of rotatable bonds is 2. The van der Waals surface area contributed by atoms with E-state index in [0.717, 1.165) is 17.0 Å². The summed E-state index contributed by atoms with van der Waals surface area (Å²) >= 11 is 0. The Balaban J connectivity index is 3.04. The molecule has 0 amide bonds. The van der Waals surface area contributed by atoms with E-state index in [0.29, 0.717) is 6.54 Å². The van der Waals surface area contributed by atoms with Crippen molar-refractivity contribution in [2.45, 2.75) is 13.8 Å². The van der Waals surface area contributed by atoms with Gasteiger partial charge in [-0.15, -0.1) is 0 Å². The quantitative estimate of drug-likeness (QED) is 0.480. The van der Waals surface area contributed by atoms with Crippen molar-refractivity contribution in [1.82, 2.24) is 5.32 Å². The third kappa shape index (κ3) is 1.76. The molecule has 0 aromatic heterocycles. The zero-order valence-corrected chi connectivity index (χ0v) is 7.44. The molecule has 0 aliphatic carbocycles. The first-order valence-corrected chi connectivity index (χ1v) is 3.87. The van der Waals surface area contributed by atoms with Crippen LogP contribution in [0.2, 0.25) is 0 Å². The topological polar surface area (TPSA) is 24.4 Å². The van der Waals surface area contributed by atoms with Gasteiger partial charge in [0, 0.05) is 6.21 Å². The van der Waals surface area contributed by atoms with Crippen LogP contribution in [-0.4, -0.2) is 12.8 Å². The molecule has 0 spiro atoms. The Kier molecular flexibility index (Phi) is 2.71. The molecule has 0 atom stereocenters. The summed E-state index contributed by atoms with van der Waals surface area (Å²) in [6.07, 6.45) is 1.75. The molecule has 1 N–H and O–H groups in total. The first-order valence-electron chi connectivity index (χ1n) is 3.87. The number of hydrogen-bond acceptors (Lipinski definition) is 2. The second-order valence-electron chi connectivity index (χ2n) is 2.55. The molecule has 2 heteroatoms. The standard InChI is InChI=1S/C10H12N2/c1-4-11-10-9(8(2)3)6-5-7-12-10/h4,12H,2,7H2,1,3H3/b11-4-. The van der Waals surface area contributed by atoms with Crippen LogP contribution in [0.5, 0.6) is 0 Å². The Morgan fingerprint density at radius 2 is 2.50 bits per heavy atom. The maximum Gasteiger partial charge on any atom is 0.142 e. The van der Waals surface area contributed by atoms with Crippen LogP contribution in [0.25, 0.3) is 0 Å². The molecule has 1 aliphatic heterocycles. The van der Waals surface area contributed by atoms with Crippen LogP contribution in [-0.2, 0) is 0 Å². The van der Waals surface area contributed by atoms with E-state index in [2.05, 4.69) is 28.7 Å². The fraction of sp³-hybridized carbons (Fsp3) is 0.300. The molecule has 1 rings (SSSR count). The van der Waals surface area contributed by atoms with Crippen LogP contribution >= 0.6 is 0 Å². The fourth-order valence-electron chi connectivity index (χ4n) is 0.956. The highest BCUT2D eigenvalue weighted by molar-refractivity contribution is 5.58. The van der Waals surface area contributed by atoms with Gasteiger partial charge in [-0.05, 0) is 19.4 Å². The van der Waals surface area contributed by atoms with Crippen molar-refractivity contribution < 1.29 is 0 Å². The van der Waals surface area contributed by atoms with Crippen molar-refractivity contribution in [2.24, 2.45) is 4.99 Å². The molecular formula is C10H12N2. The molecule has 0 fully saturated rings. The smallest absolute Gasteiger partial charge is 0.142 e. The van der Waals surface area contributed by atoms with E-state index in [1.54, 1.807) is 6.21 Å². The largest absolute Gasteiger partial charge is 0.358 e. The molecule has 0 radical (unpaired) electrons. The summed E-state index contributed by atoms with van der Waals surface area (Å²) in [5.74, 6) is 6.79. The molecule has 1 heterocycles. The highest BCUT2D eigenvalue weighted by atomic mass is 15.0. The lowest BCUT2D eigenvalue weighted by Gasteiger charge is -2.10. The lowest BCUT2D eigenvalue weighted by Crippen LogP contribution is -2.17. The van der Waals surface area contributed by atoms with Crippen molar-refractivity contribution in [3.05, 3.63) is 23.5 Å². The summed E-state index contributed by atoms with van der Waals surface area (Å²) in [7, 11) is 0. The minimum atomic E-state index is 0.670. The van der Waals surface area contributed by atoms with Gasteiger partial charge in [0.2, 0.25) is 0 Å². The maximum absolute atomic E-state index is 4.17. The van der Waals surface area contributed by atoms with Crippen molar-refractivity contribution in [3.63, 3.8) is 0 Å². The minimum Gasteiger partial charge on any atom is -0.358 e. The van der Waals surface area contributed by atoms with Crippen LogP contribution in [0.3, 0.4) is 0 Å². The third-order valence-electron chi connectivity index (χ3n) is 1.48. The molecule has 0 aromatic rings. The van der Waals surface area contributed by atoms with Crippen molar-refractivity contribution in [2.75, 3.05) is 6.54 Å². The van der Waals surface area contributed by atoms with E-state index < -0.39 is 0 Å². The van der Waals surface area contributed by atoms with Crippen molar-refractivity contribution in [3.8, 4) is 11.8 Å². The van der Waals surface area contributed by atoms with Crippen molar-refractivity contribution in [1.29, 1.82) is 0 Å². The van der Waals surface area contributed by atoms with Gasteiger partial charge in [-0.2, -0.15) is 0 Å². The summed E-state index contributed by atoms with van der Waals surface area (Å²) in [4.78, 5) is 4.17. The first-order chi connectivity index (χ1) is 5.75. The Morgan fingerprint density at radius 3 is 3.08 bits per heavy atom. The van der Waals surface area contributed by atoms with Gasteiger partial charge in [-0.25, -0.2) is 4.99 Å². The number of nitrogens with one attached hydrogen (secondary N) is 1. The van der Waals surface area contributed by atoms with Gasteiger partial charge in [0.25, 0.3) is 0 Å². The lowest BCUT2D eigenvalue weighted by molar-refractivity contribution is 0.883. The number of allylic oxidation sites excluding steroid dienone is 2. The van der Waals surface area contributed by atoms with Gasteiger partial charge in [0.1, 0.15) is 5.82 Å². The van der Waals surface area contributed by atoms with Gasteiger partial charge in [-0.3, -0.25) is 0 Å². The SMILES string of the molecule is C=C(C)C1=C(/N=C\C)NCC#C1. The average Bonchev–Trinajstić information content (AvgIpc) is 2.05. The van der Waals surface area contributed by atoms with E-state index in [1.807, 2.05) is 13.8 Å². The number of aliphatic imine (C=N–C) groups is 1. The predicted molar refractivity (Wildman–Crippen MR) is 51.8 cm³/mol. The lowest BCUT2D eigenvalue weighted by atomic mass is 10.1. The first kappa shape index (κ1) is 8.61. The average molecular weight is 160 g/mol. The van der Waals surface area contributed by atoms with E-state index >= 15 is 0 Å². The monoisotopic (exact) mass is 160 g/mol. The van der Waals surface area contributed by atoms with Gasteiger partial charge in [-0.1, -0.05) is 18.4 Å². The highest BCUT2D eigenvalue weighted by Crippen LogP contribution is 2.12. The third-order valence-corrected chi connectivity index (χ3v) is 1.48. The second kappa shape index (κ2) is 3.77. The molecule has 1 aliphatic rings. The Hall–Kier alpha value is -1.49. The summed E-state index contributed by atoms with van der Waals surface area (Å²) in [6.45, 7) is 8.32. The maximum atomic E-state index is 4.17. The molecule has 0 aromatic carbocycles. The molecule has 62 valence electrons. The summed E-state index contributed by atoms with van der Waals surface area (Å²) in [5, 5.41) is 3.10. The van der Waals surface area contributed by atoms with Gasteiger partial charge in [0.15, 0.2) is 0 Å². The normalized spacial score (nSPS) is 15.5. The molecule has 0 unspecified atom stereocenters. The fourth-order valence-corrected chi connectivity index (χ4v) is 0.956. The highest BCUT2D eigenvalue weighted by Gasteiger charge is 2.05. The molecule has 0 saturated heterocycles. The Bertz CT molecular complexity index is 310. The number of hydrogen-bond donors (Lipinski definition) is 1. The van der Waals surface area contributed by atoms with Crippen molar-refractivity contribution >= 4 is 6.21 Å². The van der Waals surface area contributed by atoms with Gasteiger partial charge in [0.05, 0.1) is 12.1 Å². The summed E-state index contributed by atoms with van der Waals surface area (Å²) < 4.78 is 0. The molecular weight excluding hydrogens is 148 g/mol. The molecule has 0 bridgehead atoms. The van der Waals surface area contributed by atoms with E-state index in [-0.39, 0.29) is 0 Å². The minimum absolute atomic E-state index is 0.670. The molecule has 12 heavy (non-hydrogen) atoms. The zero-order chi connectivity index (χ0) is 8.97. The van der Waals surface area contributed by atoms with E-state index in [9.17, 15) is 0 Å². The predicted octanol–water partition coefficient (Wildman–Crippen LogP) is 1.47. The van der Waals surface area contributed by atoms with Crippen LogP contribution in [0.1, 0.15) is 13.8 Å².